The van der Waals surface area contributed by atoms with Crippen molar-refractivity contribution >= 4 is 11.8 Å². The predicted molar refractivity (Wildman–Crippen MR) is 66.7 cm³/mol. The molecule has 1 rings (SSSR count). The lowest BCUT2D eigenvalue weighted by Crippen LogP contribution is -2.57. The number of carbonyl (C=O) groups is 2. The van der Waals surface area contributed by atoms with Gasteiger partial charge in [-0.15, -0.1) is 0 Å². The van der Waals surface area contributed by atoms with Crippen molar-refractivity contribution in [3.05, 3.63) is 38.2 Å². The lowest BCUT2D eigenvalue weighted by atomic mass is 10.4. The highest BCUT2D eigenvalue weighted by Gasteiger charge is 2.27. The molecule has 0 saturated carbocycles. The number of hydrogen-bond acceptors (Lipinski definition) is 4. The Balaban J connectivity index is 2.74. The molecule has 6 heteroatoms. The predicted octanol–water partition coefficient (Wildman–Crippen LogP) is 0.321. The van der Waals surface area contributed by atoms with Crippen LogP contribution < -0.4 is 0 Å². The van der Waals surface area contributed by atoms with Crippen LogP contribution >= 0.6 is 0 Å². The maximum atomic E-state index is 11.6. The molecule has 0 spiro atoms. The molecule has 2 amide bonds. The maximum Gasteiger partial charge on any atom is 0.248 e. The molecule has 18 heavy (non-hydrogen) atoms. The average molecular weight is 251 g/mol. The molecule has 0 radical (unpaired) electrons. The van der Waals surface area contributed by atoms with Gasteiger partial charge in [0.1, 0.15) is 6.73 Å². The number of ether oxygens (including phenoxy) is 1. The maximum absolute atomic E-state index is 11.6. The van der Waals surface area contributed by atoms with Gasteiger partial charge in [-0.3, -0.25) is 9.59 Å². The lowest BCUT2D eigenvalue weighted by Gasteiger charge is -2.41. The van der Waals surface area contributed by atoms with Crippen LogP contribution in [0.4, 0.5) is 0 Å². The van der Waals surface area contributed by atoms with E-state index in [0.29, 0.717) is 13.3 Å². The van der Waals surface area contributed by atoms with Crippen LogP contribution in [0.15, 0.2) is 38.2 Å². The van der Waals surface area contributed by atoms with E-state index in [4.69, 9.17) is 4.74 Å². The molecular formula is C12H17N3O3. The fourth-order valence-electron chi connectivity index (χ4n) is 1.60. The molecule has 1 fully saturated rings. The monoisotopic (exact) mass is 251 g/mol. The Labute approximate surface area is 106 Å². The summed E-state index contributed by atoms with van der Waals surface area (Å²) in [5.74, 6) is -0.472. The molecule has 1 heterocycles. The van der Waals surface area contributed by atoms with E-state index in [2.05, 4.69) is 19.7 Å². The highest BCUT2D eigenvalue weighted by atomic mass is 16.5. The van der Waals surface area contributed by atoms with Crippen molar-refractivity contribution < 1.29 is 14.3 Å². The fourth-order valence-corrected chi connectivity index (χ4v) is 1.60. The Morgan fingerprint density at radius 1 is 1.00 bits per heavy atom. The van der Waals surface area contributed by atoms with Crippen LogP contribution in [-0.4, -0.2) is 53.3 Å². The van der Waals surface area contributed by atoms with Gasteiger partial charge in [-0.2, -0.15) is 0 Å². The molecule has 0 N–H and O–H groups in total. The zero-order valence-corrected chi connectivity index (χ0v) is 10.2. The molecular weight excluding hydrogens is 234 g/mol. The summed E-state index contributed by atoms with van der Waals surface area (Å²) in [6.07, 6.45) is 3.75. The van der Waals surface area contributed by atoms with Gasteiger partial charge in [0.2, 0.25) is 11.8 Å². The smallest absolute Gasteiger partial charge is 0.248 e. The standard InChI is InChI=1S/C12H17N3O3/c1-4-11(16)14-7-13(10-18-6-3)8-15(9-14)12(17)5-2/h4-6H,1-3,7-10H2. The van der Waals surface area contributed by atoms with E-state index < -0.39 is 0 Å². The van der Waals surface area contributed by atoms with Crippen LogP contribution in [0.2, 0.25) is 0 Å². The first-order valence-corrected chi connectivity index (χ1v) is 5.40. The number of hydrogen-bond donors (Lipinski definition) is 0. The molecule has 0 aliphatic carbocycles. The van der Waals surface area contributed by atoms with Gasteiger partial charge < -0.3 is 14.5 Å². The van der Waals surface area contributed by atoms with E-state index in [1.807, 2.05) is 0 Å². The number of rotatable bonds is 5. The van der Waals surface area contributed by atoms with Crippen LogP contribution in [0.25, 0.3) is 0 Å². The van der Waals surface area contributed by atoms with Crippen molar-refractivity contribution in [3.8, 4) is 0 Å². The second-order valence-corrected chi connectivity index (χ2v) is 3.72. The van der Waals surface area contributed by atoms with Crippen LogP contribution in [0.1, 0.15) is 0 Å². The number of amides is 2. The number of carbonyl (C=O) groups excluding carboxylic acids is 2. The third-order valence-electron chi connectivity index (χ3n) is 2.43. The molecule has 0 unspecified atom stereocenters. The van der Waals surface area contributed by atoms with Gasteiger partial charge in [-0.05, 0) is 12.2 Å². The van der Waals surface area contributed by atoms with Gasteiger partial charge in [0, 0.05) is 0 Å². The molecule has 98 valence electrons. The van der Waals surface area contributed by atoms with Crippen molar-refractivity contribution in [2.24, 2.45) is 0 Å². The summed E-state index contributed by atoms with van der Waals surface area (Å²) in [7, 11) is 0. The summed E-state index contributed by atoms with van der Waals surface area (Å²) < 4.78 is 5.06. The summed E-state index contributed by atoms with van der Waals surface area (Å²) in [6.45, 7) is 11.5. The minimum atomic E-state index is -0.236. The minimum Gasteiger partial charge on any atom is -0.486 e. The van der Waals surface area contributed by atoms with Crippen molar-refractivity contribution in [2.75, 3.05) is 26.7 Å². The van der Waals surface area contributed by atoms with Crippen molar-refractivity contribution in [1.29, 1.82) is 0 Å². The normalized spacial score (nSPS) is 16.0. The van der Waals surface area contributed by atoms with Crippen molar-refractivity contribution in [3.63, 3.8) is 0 Å². The van der Waals surface area contributed by atoms with Gasteiger partial charge in [0.25, 0.3) is 0 Å². The molecule has 1 aliphatic heterocycles. The first-order valence-electron chi connectivity index (χ1n) is 5.40. The van der Waals surface area contributed by atoms with Gasteiger partial charge in [-0.25, -0.2) is 4.90 Å². The van der Waals surface area contributed by atoms with Crippen LogP contribution in [0, 0.1) is 0 Å². The average Bonchev–Trinajstić information content (AvgIpc) is 2.42. The third-order valence-corrected chi connectivity index (χ3v) is 2.43. The molecule has 0 aromatic rings. The van der Waals surface area contributed by atoms with Gasteiger partial charge in [0.05, 0.1) is 26.3 Å². The first kappa shape index (κ1) is 14.0. The van der Waals surface area contributed by atoms with Crippen LogP contribution in [0.5, 0.6) is 0 Å². The Kier molecular flexibility index (Phi) is 5.13. The summed E-state index contributed by atoms with van der Waals surface area (Å²) in [5.41, 5.74) is 0. The molecule has 0 aromatic heterocycles. The Morgan fingerprint density at radius 3 is 1.89 bits per heavy atom. The Hall–Kier alpha value is -2.08. The topological polar surface area (TPSA) is 53.1 Å². The summed E-state index contributed by atoms with van der Waals surface area (Å²) in [5, 5.41) is 0. The molecule has 1 aliphatic rings. The summed E-state index contributed by atoms with van der Waals surface area (Å²) >= 11 is 0. The largest absolute Gasteiger partial charge is 0.486 e. The molecule has 0 aromatic carbocycles. The molecule has 0 atom stereocenters. The molecule has 0 bridgehead atoms. The summed E-state index contributed by atoms with van der Waals surface area (Å²) in [4.78, 5) is 28.0. The summed E-state index contributed by atoms with van der Waals surface area (Å²) in [6, 6.07) is 0. The van der Waals surface area contributed by atoms with E-state index in [1.54, 1.807) is 4.90 Å². The molecule has 6 nitrogen and oxygen atoms in total. The van der Waals surface area contributed by atoms with Crippen molar-refractivity contribution in [2.45, 2.75) is 0 Å². The third kappa shape index (κ3) is 3.46. The Bertz CT molecular complexity index is 340. The van der Waals surface area contributed by atoms with E-state index in [-0.39, 0.29) is 25.2 Å². The SMILES string of the molecule is C=COCN1CN(C(=O)C=C)CN(C(=O)C=C)C1. The highest BCUT2D eigenvalue weighted by Crippen LogP contribution is 2.09. The first-order chi connectivity index (χ1) is 8.62. The van der Waals surface area contributed by atoms with Gasteiger partial charge in [0.15, 0.2) is 0 Å². The molecule has 1 saturated heterocycles. The minimum absolute atomic E-state index is 0.223. The quantitative estimate of drug-likeness (QED) is 0.521. The van der Waals surface area contributed by atoms with E-state index in [9.17, 15) is 9.59 Å². The second kappa shape index (κ2) is 6.61. The lowest BCUT2D eigenvalue weighted by molar-refractivity contribution is -0.149. The van der Waals surface area contributed by atoms with Crippen LogP contribution in [-0.2, 0) is 14.3 Å². The van der Waals surface area contributed by atoms with Crippen molar-refractivity contribution in [1.82, 2.24) is 14.7 Å². The van der Waals surface area contributed by atoms with E-state index in [0.717, 1.165) is 0 Å². The zero-order chi connectivity index (χ0) is 13.5. The second-order valence-electron chi connectivity index (χ2n) is 3.72. The highest BCUT2D eigenvalue weighted by molar-refractivity contribution is 5.89. The van der Waals surface area contributed by atoms with Gasteiger partial charge >= 0.3 is 0 Å². The zero-order valence-electron chi connectivity index (χ0n) is 10.2. The van der Waals surface area contributed by atoms with E-state index >= 15 is 0 Å². The van der Waals surface area contributed by atoms with Gasteiger partial charge in [-0.1, -0.05) is 19.7 Å². The van der Waals surface area contributed by atoms with Crippen LogP contribution in [0.3, 0.4) is 0 Å². The Morgan fingerprint density at radius 2 is 1.50 bits per heavy atom. The van der Waals surface area contributed by atoms with E-state index in [1.165, 1.54) is 28.2 Å². The fraction of sp³-hybridized carbons (Fsp3) is 0.333. The number of nitrogens with zero attached hydrogens (tertiary/aromatic N) is 3.